The number of amides is 2. The first-order valence-electron chi connectivity index (χ1n) is 7.46. The molecule has 1 rings (SSSR count). The van der Waals surface area contributed by atoms with Gasteiger partial charge in [-0.2, -0.15) is 0 Å². The maximum absolute atomic E-state index is 12.1. The van der Waals surface area contributed by atoms with Crippen molar-refractivity contribution in [3.8, 4) is 0 Å². The fourth-order valence-electron chi connectivity index (χ4n) is 2.17. The number of aliphatic hydroxyl groups excluding tert-OH is 1. The van der Waals surface area contributed by atoms with Crippen LogP contribution in [0.25, 0.3) is 0 Å². The van der Waals surface area contributed by atoms with E-state index in [4.69, 9.17) is 0 Å². The fourth-order valence-corrected chi connectivity index (χ4v) is 2.17. The van der Waals surface area contributed by atoms with Crippen LogP contribution < -0.4 is 15.5 Å². The van der Waals surface area contributed by atoms with Crippen molar-refractivity contribution in [3.05, 3.63) is 24.3 Å². The van der Waals surface area contributed by atoms with Crippen LogP contribution in [0.4, 0.5) is 16.2 Å². The molecule has 0 radical (unpaired) electrons. The van der Waals surface area contributed by atoms with Crippen molar-refractivity contribution in [2.45, 2.75) is 33.2 Å². The van der Waals surface area contributed by atoms with Crippen LogP contribution in [0.2, 0.25) is 0 Å². The predicted octanol–water partition coefficient (Wildman–Crippen LogP) is 2.67. The first-order chi connectivity index (χ1) is 9.97. The van der Waals surface area contributed by atoms with Crippen molar-refractivity contribution < 1.29 is 9.90 Å². The second-order valence-corrected chi connectivity index (χ2v) is 5.64. The Morgan fingerprint density at radius 1 is 1.33 bits per heavy atom. The summed E-state index contributed by atoms with van der Waals surface area (Å²) in [6.45, 7) is 6.98. The lowest BCUT2D eigenvalue weighted by Gasteiger charge is -2.22. The lowest BCUT2D eigenvalue weighted by molar-refractivity contribution is 0.214. The van der Waals surface area contributed by atoms with Gasteiger partial charge in [0.05, 0.1) is 24.0 Å². The summed E-state index contributed by atoms with van der Waals surface area (Å²) >= 11 is 0. The number of urea groups is 1. The number of carbonyl (C=O) groups is 1. The quantitative estimate of drug-likeness (QED) is 0.724. The zero-order valence-electron chi connectivity index (χ0n) is 13.4. The summed E-state index contributed by atoms with van der Waals surface area (Å²) in [5.41, 5.74) is 1.74. The summed E-state index contributed by atoms with van der Waals surface area (Å²) in [5, 5.41) is 15.0. The number of para-hydroxylation sites is 2. The molecule has 5 nitrogen and oxygen atoms in total. The van der Waals surface area contributed by atoms with Crippen LogP contribution in [0, 0.1) is 5.92 Å². The molecule has 1 unspecified atom stereocenters. The van der Waals surface area contributed by atoms with Crippen LogP contribution in [0.5, 0.6) is 0 Å². The highest BCUT2D eigenvalue weighted by molar-refractivity contribution is 5.93. The summed E-state index contributed by atoms with van der Waals surface area (Å²) in [6.07, 6.45) is 0.750. The van der Waals surface area contributed by atoms with Gasteiger partial charge in [0.25, 0.3) is 0 Å². The SMILES string of the molecule is CCN(C)c1ccccc1NC(=O)NC(CO)CC(C)C. The summed E-state index contributed by atoms with van der Waals surface area (Å²) in [5.74, 6) is 0.418. The van der Waals surface area contributed by atoms with Gasteiger partial charge < -0.3 is 20.6 Å². The Morgan fingerprint density at radius 3 is 2.57 bits per heavy atom. The van der Waals surface area contributed by atoms with Crippen LogP contribution in [-0.2, 0) is 0 Å². The largest absolute Gasteiger partial charge is 0.394 e. The minimum Gasteiger partial charge on any atom is -0.394 e. The molecule has 0 saturated heterocycles. The van der Waals surface area contributed by atoms with E-state index in [0.29, 0.717) is 5.92 Å². The Balaban J connectivity index is 2.70. The summed E-state index contributed by atoms with van der Waals surface area (Å²) in [7, 11) is 1.98. The Morgan fingerprint density at radius 2 is 2.00 bits per heavy atom. The Labute approximate surface area is 127 Å². The number of rotatable bonds is 7. The molecule has 0 heterocycles. The third-order valence-electron chi connectivity index (χ3n) is 3.35. The van der Waals surface area contributed by atoms with E-state index >= 15 is 0 Å². The Hall–Kier alpha value is -1.75. The van der Waals surface area contributed by atoms with Gasteiger partial charge in [-0.05, 0) is 31.4 Å². The van der Waals surface area contributed by atoms with Crippen molar-refractivity contribution in [1.82, 2.24) is 5.32 Å². The van der Waals surface area contributed by atoms with E-state index in [9.17, 15) is 9.90 Å². The monoisotopic (exact) mass is 293 g/mol. The Bertz CT molecular complexity index is 449. The fraction of sp³-hybridized carbons (Fsp3) is 0.562. The molecule has 0 saturated carbocycles. The molecular weight excluding hydrogens is 266 g/mol. The van der Waals surface area contributed by atoms with E-state index in [1.807, 2.05) is 31.3 Å². The number of nitrogens with zero attached hydrogens (tertiary/aromatic N) is 1. The number of nitrogens with one attached hydrogen (secondary N) is 2. The standard InChI is InChI=1S/C16H27N3O2/c1-5-19(4)15-9-7-6-8-14(15)18-16(21)17-13(11-20)10-12(2)3/h6-9,12-13,20H,5,10-11H2,1-4H3,(H2,17,18,21). The van der Waals surface area contributed by atoms with Gasteiger partial charge in [0, 0.05) is 13.6 Å². The number of hydrogen-bond acceptors (Lipinski definition) is 3. The van der Waals surface area contributed by atoms with Crippen LogP contribution in [-0.4, -0.2) is 37.4 Å². The molecule has 21 heavy (non-hydrogen) atoms. The van der Waals surface area contributed by atoms with Crippen molar-refractivity contribution in [3.63, 3.8) is 0 Å². The van der Waals surface area contributed by atoms with Crippen molar-refractivity contribution in [2.75, 3.05) is 30.4 Å². The zero-order valence-corrected chi connectivity index (χ0v) is 13.4. The lowest BCUT2D eigenvalue weighted by Crippen LogP contribution is -2.41. The number of anilines is 2. The van der Waals surface area contributed by atoms with Crippen molar-refractivity contribution in [1.29, 1.82) is 0 Å². The van der Waals surface area contributed by atoms with Gasteiger partial charge in [0.1, 0.15) is 0 Å². The lowest BCUT2D eigenvalue weighted by atomic mass is 10.0. The molecule has 0 spiro atoms. The molecule has 0 aliphatic carbocycles. The van der Waals surface area contributed by atoms with Crippen LogP contribution in [0.3, 0.4) is 0 Å². The minimum atomic E-state index is -0.286. The van der Waals surface area contributed by atoms with Crippen LogP contribution in [0.1, 0.15) is 27.2 Å². The predicted molar refractivity (Wildman–Crippen MR) is 87.9 cm³/mol. The van der Waals surface area contributed by atoms with E-state index in [2.05, 4.69) is 36.3 Å². The van der Waals surface area contributed by atoms with Gasteiger partial charge >= 0.3 is 6.03 Å². The minimum absolute atomic E-state index is 0.0535. The molecule has 1 aromatic rings. The molecule has 1 atom stereocenters. The first kappa shape index (κ1) is 17.3. The molecule has 1 aromatic carbocycles. The van der Waals surface area contributed by atoms with Crippen LogP contribution >= 0.6 is 0 Å². The van der Waals surface area contributed by atoms with E-state index in [1.165, 1.54) is 0 Å². The zero-order chi connectivity index (χ0) is 15.8. The average molecular weight is 293 g/mol. The van der Waals surface area contributed by atoms with Crippen LogP contribution in [0.15, 0.2) is 24.3 Å². The van der Waals surface area contributed by atoms with E-state index in [0.717, 1.165) is 24.3 Å². The normalized spacial score (nSPS) is 12.1. The van der Waals surface area contributed by atoms with Gasteiger partial charge in [0.2, 0.25) is 0 Å². The number of benzene rings is 1. The first-order valence-corrected chi connectivity index (χ1v) is 7.46. The molecule has 0 aliphatic rings. The van der Waals surface area contributed by atoms with Gasteiger partial charge in [-0.3, -0.25) is 0 Å². The highest BCUT2D eigenvalue weighted by Crippen LogP contribution is 2.24. The maximum Gasteiger partial charge on any atom is 0.319 e. The third-order valence-corrected chi connectivity index (χ3v) is 3.35. The van der Waals surface area contributed by atoms with E-state index < -0.39 is 0 Å². The number of hydrogen-bond donors (Lipinski definition) is 3. The third kappa shape index (κ3) is 5.63. The number of aliphatic hydroxyl groups is 1. The smallest absolute Gasteiger partial charge is 0.319 e. The summed E-state index contributed by atoms with van der Waals surface area (Å²) < 4.78 is 0. The Kier molecular flexibility index (Phi) is 7.02. The molecule has 3 N–H and O–H groups in total. The van der Waals surface area contributed by atoms with Gasteiger partial charge in [-0.25, -0.2) is 4.79 Å². The molecule has 2 amide bonds. The second kappa shape index (κ2) is 8.52. The summed E-state index contributed by atoms with van der Waals surface area (Å²) in [4.78, 5) is 14.1. The van der Waals surface area contributed by atoms with Gasteiger partial charge in [-0.1, -0.05) is 26.0 Å². The molecule has 0 aliphatic heterocycles. The summed E-state index contributed by atoms with van der Waals surface area (Å²) in [6, 6.07) is 7.17. The van der Waals surface area contributed by atoms with Gasteiger partial charge in [-0.15, -0.1) is 0 Å². The molecular formula is C16H27N3O2. The molecule has 0 fully saturated rings. The highest BCUT2D eigenvalue weighted by atomic mass is 16.3. The van der Waals surface area contributed by atoms with Crippen molar-refractivity contribution in [2.24, 2.45) is 5.92 Å². The molecule has 0 bridgehead atoms. The topological polar surface area (TPSA) is 64.6 Å². The number of carbonyl (C=O) groups excluding carboxylic acids is 1. The van der Waals surface area contributed by atoms with E-state index in [-0.39, 0.29) is 18.7 Å². The maximum atomic E-state index is 12.1. The molecule has 0 aromatic heterocycles. The molecule has 118 valence electrons. The van der Waals surface area contributed by atoms with E-state index in [1.54, 1.807) is 0 Å². The molecule has 5 heteroatoms. The second-order valence-electron chi connectivity index (χ2n) is 5.64. The highest BCUT2D eigenvalue weighted by Gasteiger charge is 2.14. The van der Waals surface area contributed by atoms with Gasteiger partial charge in [0.15, 0.2) is 0 Å². The van der Waals surface area contributed by atoms with Crippen molar-refractivity contribution >= 4 is 17.4 Å². The average Bonchev–Trinajstić information content (AvgIpc) is 2.45.